The summed E-state index contributed by atoms with van der Waals surface area (Å²) in [5, 5.41) is 3.39. The van der Waals surface area contributed by atoms with Gasteiger partial charge in [-0.2, -0.15) is 0 Å². The summed E-state index contributed by atoms with van der Waals surface area (Å²) >= 11 is 0. The van der Waals surface area contributed by atoms with Gasteiger partial charge in [-0.15, -0.1) is 0 Å². The van der Waals surface area contributed by atoms with Gasteiger partial charge in [0.25, 0.3) is 0 Å². The van der Waals surface area contributed by atoms with Gasteiger partial charge in [0.15, 0.2) is 0 Å². The zero-order valence-electron chi connectivity index (χ0n) is 10.5. The van der Waals surface area contributed by atoms with Crippen LogP contribution in [0.15, 0.2) is 54.6 Å². The lowest BCUT2D eigenvalue weighted by Crippen LogP contribution is -2.18. The van der Waals surface area contributed by atoms with Crippen LogP contribution in [0.25, 0.3) is 0 Å². The van der Waals surface area contributed by atoms with Crippen molar-refractivity contribution < 1.29 is 0 Å². The molecule has 0 aliphatic carbocycles. The Bertz CT molecular complexity index is 445. The minimum absolute atomic E-state index is 0.387. The molecular formula is C16H19N. The van der Waals surface area contributed by atoms with Crippen LogP contribution in [0.4, 0.5) is 0 Å². The Morgan fingerprint density at radius 3 is 2.18 bits per heavy atom. The predicted molar refractivity (Wildman–Crippen MR) is 73.1 cm³/mol. The highest BCUT2D eigenvalue weighted by Crippen LogP contribution is 2.18. The Balaban J connectivity index is 2.14. The summed E-state index contributed by atoms with van der Waals surface area (Å²) in [4.78, 5) is 0. The molecule has 2 rings (SSSR count). The van der Waals surface area contributed by atoms with E-state index in [-0.39, 0.29) is 0 Å². The van der Waals surface area contributed by atoms with Crippen LogP contribution in [0.5, 0.6) is 0 Å². The van der Waals surface area contributed by atoms with Crippen molar-refractivity contribution >= 4 is 0 Å². The quantitative estimate of drug-likeness (QED) is 0.839. The molecule has 0 aliphatic heterocycles. The number of benzene rings is 2. The molecule has 0 amide bonds. The van der Waals surface area contributed by atoms with Crippen LogP contribution in [0.1, 0.15) is 22.7 Å². The molecule has 0 fully saturated rings. The van der Waals surface area contributed by atoms with E-state index in [1.807, 2.05) is 7.05 Å². The molecule has 17 heavy (non-hydrogen) atoms. The summed E-state index contributed by atoms with van der Waals surface area (Å²) < 4.78 is 0. The van der Waals surface area contributed by atoms with Crippen molar-refractivity contribution in [1.29, 1.82) is 0 Å². The Hall–Kier alpha value is -1.60. The Labute approximate surface area is 103 Å². The van der Waals surface area contributed by atoms with Crippen molar-refractivity contribution in [2.24, 2.45) is 0 Å². The van der Waals surface area contributed by atoms with Gasteiger partial charge in [-0.25, -0.2) is 0 Å². The second kappa shape index (κ2) is 5.65. The van der Waals surface area contributed by atoms with Crippen LogP contribution in [0.2, 0.25) is 0 Å². The second-order valence-electron chi connectivity index (χ2n) is 4.44. The van der Waals surface area contributed by atoms with Gasteiger partial charge in [0.2, 0.25) is 0 Å². The number of nitrogens with one attached hydrogen (secondary N) is 1. The average Bonchev–Trinajstić information content (AvgIpc) is 2.38. The van der Waals surface area contributed by atoms with E-state index in [4.69, 9.17) is 0 Å². The van der Waals surface area contributed by atoms with E-state index in [2.05, 4.69) is 66.8 Å². The third-order valence-corrected chi connectivity index (χ3v) is 3.11. The van der Waals surface area contributed by atoms with Crippen molar-refractivity contribution in [3.8, 4) is 0 Å². The smallest absolute Gasteiger partial charge is 0.0358 e. The van der Waals surface area contributed by atoms with E-state index in [1.54, 1.807) is 0 Å². The van der Waals surface area contributed by atoms with E-state index in [0.717, 1.165) is 6.42 Å². The van der Waals surface area contributed by atoms with E-state index < -0.39 is 0 Å². The van der Waals surface area contributed by atoms with Gasteiger partial charge in [-0.3, -0.25) is 0 Å². The van der Waals surface area contributed by atoms with Gasteiger partial charge >= 0.3 is 0 Å². The SMILES string of the molecule is CNC(Cc1ccccc1)c1ccc(C)cc1. The molecule has 1 N–H and O–H groups in total. The number of hydrogen-bond acceptors (Lipinski definition) is 1. The maximum absolute atomic E-state index is 3.39. The molecule has 0 saturated heterocycles. The third-order valence-electron chi connectivity index (χ3n) is 3.11. The molecular weight excluding hydrogens is 206 g/mol. The third kappa shape index (κ3) is 3.18. The van der Waals surface area contributed by atoms with Crippen molar-refractivity contribution in [2.45, 2.75) is 19.4 Å². The minimum atomic E-state index is 0.387. The lowest BCUT2D eigenvalue weighted by Gasteiger charge is -2.17. The molecule has 1 nitrogen and oxygen atoms in total. The highest BCUT2D eigenvalue weighted by atomic mass is 14.9. The summed E-state index contributed by atoms with van der Waals surface area (Å²) in [6, 6.07) is 19.8. The first-order chi connectivity index (χ1) is 8.29. The topological polar surface area (TPSA) is 12.0 Å². The summed E-state index contributed by atoms with van der Waals surface area (Å²) in [6.07, 6.45) is 1.03. The first kappa shape index (κ1) is 11.9. The Morgan fingerprint density at radius 1 is 0.941 bits per heavy atom. The monoisotopic (exact) mass is 225 g/mol. The van der Waals surface area contributed by atoms with Gasteiger partial charge in [-0.05, 0) is 31.5 Å². The van der Waals surface area contributed by atoms with Crippen LogP contribution in [-0.2, 0) is 6.42 Å². The molecule has 0 heterocycles. The normalized spacial score (nSPS) is 12.4. The van der Waals surface area contributed by atoms with Gasteiger partial charge in [0.05, 0.1) is 0 Å². The lowest BCUT2D eigenvalue weighted by atomic mass is 9.98. The molecule has 0 radical (unpaired) electrons. The van der Waals surface area contributed by atoms with Crippen LogP contribution in [0.3, 0.4) is 0 Å². The first-order valence-electron chi connectivity index (χ1n) is 6.07. The van der Waals surface area contributed by atoms with Gasteiger partial charge in [0.1, 0.15) is 0 Å². The molecule has 0 aromatic heterocycles. The molecule has 0 bridgehead atoms. The lowest BCUT2D eigenvalue weighted by molar-refractivity contribution is 0.592. The second-order valence-corrected chi connectivity index (χ2v) is 4.44. The fourth-order valence-corrected chi connectivity index (χ4v) is 2.04. The highest BCUT2D eigenvalue weighted by Gasteiger charge is 2.09. The molecule has 1 heteroatoms. The van der Waals surface area contributed by atoms with E-state index in [0.29, 0.717) is 6.04 Å². The zero-order valence-corrected chi connectivity index (χ0v) is 10.5. The maximum atomic E-state index is 3.39. The molecule has 0 aliphatic rings. The molecule has 2 aromatic carbocycles. The molecule has 2 aromatic rings. The fourth-order valence-electron chi connectivity index (χ4n) is 2.04. The average molecular weight is 225 g/mol. The predicted octanol–water partition coefficient (Wildman–Crippen LogP) is 3.50. The fraction of sp³-hybridized carbons (Fsp3) is 0.250. The number of rotatable bonds is 4. The van der Waals surface area contributed by atoms with Gasteiger partial charge < -0.3 is 5.32 Å². The van der Waals surface area contributed by atoms with Crippen molar-refractivity contribution in [3.05, 3.63) is 71.3 Å². The first-order valence-corrected chi connectivity index (χ1v) is 6.07. The van der Waals surface area contributed by atoms with E-state index in [1.165, 1.54) is 16.7 Å². The van der Waals surface area contributed by atoms with Crippen LogP contribution in [-0.4, -0.2) is 7.05 Å². The van der Waals surface area contributed by atoms with Crippen molar-refractivity contribution in [2.75, 3.05) is 7.05 Å². The molecule has 1 atom stereocenters. The van der Waals surface area contributed by atoms with Crippen molar-refractivity contribution in [3.63, 3.8) is 0 Å². The standard InChI is InChI=1S/C16H19N/c1-13-8-10-15(11-9-13)16(17-2)12-14-6-4-3-5-7-14/h3-11,16-17H,12H2,1-2H3. The molecule has 0 spiro atoms. The number of hydrogen-bond donors (Lipinski definition) is 1. The van der Waals surface area contributed by atoms with Crippen molar-refractivity contribution in [1.82, 2.24) is 5.32 Å². The largest absolute Gasteiger partial charge is 0.313 e. The maximum Gasteiger partial charge on any atom is 0.0358 e. The molecule has 1 unspecified atom stereocenters. The van der Waals surface area contributed by atoms with Gasteiger partial charge in [0, 0.05) is 6.04 Å². The summed E-state index contributed by atoms with van der Waals surface area (Å²) in [5.74, 6) is 0. The van der Waals surface area contributed by atoms with Crippen LogP contribution < -0.4 is 5.32 Å². The summed E-state index contributed by atoms with van der Waals surface area (Å²) in [6.45, 7) is 2.12. The van der Waals surface area contributed by atoms with Gasteiger partial charge in [-0.1, -0.05) is 60.2 Å². The summed E-state index contributed by atoms with van der Waals surface area (Å²) in [7, 11) is 2.02. The zero-order chi connectivity index (χ0) is 12.1. The summed E-state index contributed by atoms with van der Waals surface area (Å²) in [5.41, 5.74) is 4.03. The Morgan fingerprint density at radius 2 is 1.59 bits per heavy atom. The molecule has 0 saturated carbocycles. The molecule has 88 valence electrons. The Kier molecular flexibility index (Phi) is 3.94. The number of aryl methyl sites for hydroxylation is 1. The van der Waals surface area contributed by atoms with E-state index in [9.17, 15) is 0 Å². The number of likely N-dealkylation sites (N-methyl/N-ethyl adjacent to an activating group) is 1. The minimum Gasteiger partial charge on any atom is -0.313 e. The highest BCUT2D eigenvalue weighted by molar-refractivity contribution is 5.26. The van der Waals surface area contributed by atoms with Crippen LogP contribution in [0, 0.1) is 6.92 Å². The van der Waals surface area contributed by atoms with E-state index >= 15 is 0 Å². The van der Waals surface area contributed by atoms with Crippen LogP contribution >= 0.6 is 0 Å².